The third kappa shape index (κ3) is 3.42. The minimum Gasteiger partial charge on any atom is -0.397 e. The summed E-state index contributed by atoms with van der Waals surface area (Å²) >= 11 is 0. The number of anilines is 2. The Morgan fingerprint density at radius 3 is 2.71 bits per heavy atom. The highest BCUT2D eigenvalue weighted by atomic mass is 16.2. The number of carbonyl (C=O) groups excluding carboxylic acids is 2. The van der Waals surface area contributed by atoms with Gasteiger partial charge in [0.15, 0.2) is 0 Å². The van der Waals surface area contributed by atoms with E-state index in [9.17, 15) is 9.59 Å². The minimum atomic E-state index is -0.537. The van der Waals surface area contributed by atoms with Crippen molar-refractivity contribution in [2.75, 3.05) is 11.1 Å². The van der Waals surface area contributed by atoms with Crippen molar-refractivity contribution in [2.45, 2.75) is 19.9 Å². The Bertz CT molecular complexity index is 676. The van der Waals surface area contributed by atoms with E-state index < -0.39 is 5.91 Å². The summed E-state index contributed by atoms with van der Waals surface area (Å²) in [5, 5.41) is 2.74. The highest BCUT2D eigenvalue weighted by Gasteiger charge is 2.13. The maximum Gasteiger partial charge on any atom is 0.272 e. The van der Waals surface area contributed by atoms with Gasteiger partial charge in [-0.15, -0.1) is 0 Å². The van der Waals surface area contributed by atoms with Gasteiger partial charge in [-0.25, -0.2) is 0 Å². The Morgan fingerprint density at radius 1 is 1.29 bits per heavy atom. The van der Waals surface area contributed by atoms with Gasteiger partial charge in [0.25, 0.3) is 5.91 Å². The molecular formula is C15H18N4O2. The SMILES string of the molecule is CCCn1cc(N)cc1C(=O)Nc1cccc(C(N)=O)c1. The van der Waals surface area contributed by atoms with Crippen molar-refractivity contribution < 1.29 is 9.59 Å². The third-order valence-electron chi connectivity index (χ3n) is 3.02. The predicted molar refractivity (Wildman–Crippen MR) is 82.0 cm³/mol. The number of nitrogens with two attached hydrogens (primary N) is 2. The Hall–Kier alpha value is -2.76. The molecule has 2 amide bonds. The first-order valence-corrected chi connectivity index (χ1v) is 6.68. The average molecular weight is 286 g/mol. The van der Waals surface area contributed by atoms with Crippen LogP contribution in [0.25, 0.3) is 0 Å². The fraction of sp³-hybridized carbons (Fsp3) is 0.200. The normalized spacial score (nSPS) is 10.3. The van der Waals surface area contributed by atoms with Gasteiger partial charge in [-0.05, 0) is 30.7 Å². The van der Waals surface area contributed by atoms with Crippen molar-refractivity contribution in [3.8, 4) is 0 Å². The number of rotatable bonds is 5. The summed E-state index contributed by atoms with van der Waals surface area (Å²) in [5.41, 5.74) is 12.8. The molecule has 6 heteroatoms. The lowest BCUT2D eigenvalue weighted by Crippen LogP contribution is -2.17. The van der Waals surface area contributed by atoms with Gasteiger partial charge in [-0.3, -0.25) is 9.59 Å². The van der Waals surface area contributed by atoms with Gasteiger partial charge < -0.3 is 21.4 Å². The maximum atomic E-state index is 12.3. The van der Waals surface area contributed by atoms with E-state index in [2.05, 4.69) is 5.32 Å². The summed E-state index contributed by atoms with van der Waals surface area (Å²) < 4.78 is 1.81. The predicted octanol–water partition coefficient (Wildman–Crippen LogP) is 1.83. The van der Waals surface area contributed by atoms with Crippen LogP contribution in [0.4, 0.5) is 11.4 Å². The smallest absolute Gasteiger partial charge is 0.272 e. The summed E-state index contributed by atoms with van der Waals surface area (Å²) in [6.07, 6.45) is 2.63. The van der Waals surface area contributed by atoms with Crippen LogP contribution in [0.2, 0.25) is 0 Å². The first kappa shape index (κ1) is 14.6. The standard InChI is InChI=1S/C15H18N4O2/c1-2-6-19-9-11(16)8-13(19)15(21)18-12-5-3-4-10(7-12)14(17)20/h3-5,7-9H,2,6,16H2,1H3,(H2,17,20)(H,18,21). The molecule has 0 bridgehead atoms. The van der Waals surface area contributed by atoms with Crippen LogP contribution < -0.4 is 16.8 Å². The molecule has 0 aliphatic carbocycles. The van der Waals surface area contributed by atoms with Crippen LogP contribution in [-0.2, 0) is 6.54 Å². The highest BCUT2D eigenvalue weighted by molar-refractivity contribution is 6.04. The number of aromatic nitrogens is 1. The zero-order valence-corrected chi connectivity index (χ0v) is 11.8. The molecule has 0 saturated heterocycles. The van der Waals surface area contributed by atoms with E-state index in [-0.39, 0.29) is 5.91 Å². The maximum absolute atomic E-state index is 12.3. The van der Waals surface area contributed by atoms with Crippen molar-refractivity contribution in [3.05, 3.63) is 47.8 Å². The van der Waals surface area contributed by atoms with Crippen LogP contribution in [0.15, 0.2) is 36.5 Å². The second kappa shape index (κ2) is 6.13. The van der Waals surface area contributed by atoms with E-state index in [0.29, 0.717) is 29.2 Å². The van der Waals surface area contributed by atoms with Gasteiger partial charge in [0.05, 0.1) is 5.69 Å². The number of nitrogen functional groups attached to an aromatic ring is 1. The molecule has 5 N–H and O–H groups in total. The number of aryl methyl sites for hydroxylation is 1. The van der Waals surface area contributed by atoms with Crippen LogP contribution in [-0.4, -0.2) is 16.4 Å². The second-order valence-electron chi connectivity index (χ2n) is 4.75. The molecule has 21 heavy (non-hydrogen) atoms. The average Bonchev–Trinajstić information content (AvgIpc) is 2.80. The molecule has 0 unspecified atom stereocenters. The molecule has 0 radical (unpaired) electrons. The summed E-state index contributed by atoms with van der Waals surface area (Å²) in [5.74, 6) is -0.813. The number of carbonyl (C=O) groups is 2. The van der Waals surface area contributed by atoms with Gasteiger partial charge >= 0.3 is 0 Å². The van der Waals surface area contributed by atoms with E-state index in [4.69, 9.17) is 11.5 Å². The molecule has 6 nitrogen and oxygen atoms in total. The summed E-state index contributed by atoms with van der Waals surface area (Å²) in [6, 6.07) is 8.12. The molecule has 1 aromatic heterocycles. The lowest BCUT2D eigenvalue weighted by atomic mass is 10.2. The Kier molecular flexibility index (Phi) is 4.27. The van der Waals surface area contributed by atoms with Crippen molar-refractivity contribution >= 4 is 23.2 Å². The molecule has 0 aliphatic heterocycles. The molecular weight excluding hydrogens is 268 g/mol. The molecule has 0 spiro atoms. The number of amides is 2. The van der Waals surface area contributed by atoms with Gasteiger partial charge in [-0.1, -0.05) is 13.0 Å². The van der Waals surface area contributed by atoms with Crippen LogP contribution in [0.1, 0.15) is 34.2 Å². The van der Waals surface area contributed by atoms with Crippen LogP contribution >= 0.6 is 0 Å². The van der Waals surface area contributed by atoms with E-state index in [0.717, 1.165) is 6.42 Å². The molecule has 0 atom stereocenters. The van der Waals surface area contributed by atoms with E-state index in [1.54, 1.807) is 30.5 Å². The van der Waals surface area contributed by atoms with Gasteiger partial charge in [0, 0.05) is 24.0 Å². The number of primary amides is 1. The molecule has 110 valence electrons. The van der Waals surface area contributed by atoms with E-state index in [1.165, 1.54) is 6.07 Å². The summed E-state index contributed by atoms with van der Waals surface area (Å²) in [6.45, 7) is 2.73. The molecule has 1 aromatic carbocycles. The van der Waals surface area contributed by atoms with Crippen molar-refractivity contribution in [1.82, 2.24) is 4.57 Å². The Labute approximate surface area is 122 Å². The number of nitrogens with one attached hydrogen (secondary N) is 1. The lowest BCUT2D eigenvalue weighted by molar-refractivity contribution is 0.0994. The topological polar surface area (TPSA) is 103 Å². The number of benzene rings is 1. The quantitative estimate of drug-likeness (QED) is 0.781. The molecule has 2 aromatic rings. The summed E-state index contributed by atoms with van der Waals surface area (Å²) in [4.78, 5) is 23.4. The monoisotopic (exact) mass is 286 g/mol. The zero-order valence-electron chi connectivity index (χ0n) is 11.8. The molecule has 0 saturated carbocycles. The lowest BCUT2D eigenvalue weighted by Gasteiger charge is -2.09. The zero-order chi connectivity index (χ0) is 15.4. The second-order valence-corrected chi connectivity index (χ2v) is 4.75. The minimum absolute atomic E-state index is 0.276. The van der Waals surface area contributed by atoms with Crippen molar-refractivity contribution in [2.24, 2.45) is 5.73 Å². The van der Waals surface area contributed by atoms with Crippen LogP contribution in [0.3, 0.4) is 0 Å². The molecule has 0 aliphatic rings. The van der Waals surface area contributed by atoms with E-state index >= 15 is 0 Å². The van der Waals surface area contributed by atoms with Gasteiger partial charge in [0.1, 0.15) is 5.69 Å². The Morgan fingerprint density at radius 2 is 2.05 bits per heavy atom. The molecule has 2 rings (SSSR count). The number of hydrogen-bond acceptors (Lipinski definition) is 3. The molecule has 1 heterocycles. The summed E-state index contributed by atoms with van der Waals surface area (Å²) in [7, 11) is 0. The Balaban J connectivity index is 2.22. The first-order valence-electron chi connectivity index (χ1n) is 6.68. The third-order valence-corrected chi connectivity index (χ3v) is 3.02. The molecule has 0 fully saturated rings. The number of hydrogen-bond donors (Lipinski definition) is 3. The van der Waals surface area contributed by atoms with Crippen molar-refractivity contribution in [3.63, 3.8) is 0 Å². The van der Waals surface area contributed by atoms with E-state index in [1.807, 2.05) is 11.5 Å². The highest BCUT2D eigenvalue weighted by Crippen LogP contribution is 2.15. The van der Waals surface area contributed by atoms with Crippen molar-refractivity contribution in [1.29, 1.82) is 0 Å². The first-order chi connectivity index (χ1) is 10.0. The van der Waals surface area contributed by atoms with Crippen LogP contribution in [0, 0.1) is 0 Å². The fourth-order valence-electron chi connectivity index (χ4n) is 2.09. The van der Waals surface area contributed by atoms with Gasteiger partial charge in [0.2, 0.25) is 5.91 Å². The largest absolute Gasteiger partial charge is 0.397 e. The van der Waals surface area contributed by atoms with Gasteiger partial charge in [-0.2, -0.15) is 0 Å². The fourth-order valence-corrected chi connectivity index (χ4v) is 2.09. The number of nitrogens with zero attached hydrogens (tertiary/aromatic N) is 1. The van der Waals surface area contributed by atoms with Crippen LogP contribution in [0.5, 0.6) is 0 Å².